The van der Waals surface area contributed by atoms with Gasteiger partial charge in [0.05, 0.1) is 24.1 Å². The van der Waals surface area contributed by atoms with Gasteiger partial charge >= 0.3 is 0 Å². The van der Waals surface area contributed by atoms with Gasteiger partial charge in [-0.15, -0.1) is 0 Å². The zero-order chi connectivity index (χ0) is 23.4. The fourth-order valence-corrected chi connectivity index (χ4v) is 5.21. The number of pyridine rings is 1. The van der Waals surface area contributed by atoms with Crippen LogP contribution in [0.15, 0.2) is 54.6 Å². The highest BCUT2D eigenvalue weighted by atomic mass is 32.2. The Hall–Kier alpha value is -2.64. The Kier molecular flexibility index (Phi) is 7.20. The highest BCUT2D eigenvalue weighted by molar-refractivity contribution is 7.92. The molecule has 0 aliphatic carbocycles. The third-order valence-electron chi connectivity index (χ3n) is 6.63. The van der Waals surface area contributed by atoms with Gasteiger partial charge in [0, 0.05) is 18.1 Å². The maximum absolute atomic E-state index is 12.1. The number of sulfonamides is 1. The van der Waals surface area contributed by atoms with Crippen LogP contribution in [0.2, 0.25) is 0 Å². The zero-order valence-electron chi connectivity index (χ0n) is 19.6. The van der Waals surface area contributed by atoms with Gasteiger partial charge in [-0.05, 0) is 93.1 Å². The summed E-state index contributed by atoms with van der Waals surface area (Å²) in [7, 11) is -1.70. The Morgan fingerprint density at radius 1 is 1.12 bits per heavy atom. The molecule has 1 aliphatic heterocycles. The lowest BCUT2D eigenvalue weighted by molar-refractivity contribution is 0.249. The minimum Gasteiger partial charge on any atom is -0.493 e. The van der Waals surface area contributed by atoms with E-state index in [1.807, 2.05) is 49.4 Å². The Bertz CT molecular complexity index is 1210. The molecule has 1 fully saturated rings. The smallest absolute Gasteiger partial charge is 0.231 e. The lowest BCUT2D eigenvalue weighted by Gasteiger charge is -2.32. The summed E-state index contributed by atoms with van der Waals surface area (Å²) in [6.45, 7) is 4.61. The SMILES string of the molecule is Cc1ccc2c(OCCC(c3cccc(N(C)S(C)(=O)=O)c3)C3CCNCC3)cccc2n1. The molecular weight excluding hydrogens is 434 g/mol. The molecule has 0 radical (unpaired) electrons. The van der Waals surface area contributed by atoms with Crippen LogP contribution >= 0.6 is 0 Å². The predicted molar refractivity (Wildman–Crippen MR) is 135 cm³/mol. The van der Waals surface area contributed by atoms with Crippen molar-refractivity contribution in [3.05, 3.63) is 65.9 Å². The summed E-state index contributed by atoms with van der Waals surface area (Å²) >= 11 is 0. The van der Waals surface area contributed by atoms with Gasteiger partial charge in [0.15, 0.2) is 0 Å². The number of ether oxygens (including phenoxy) is 1. The number of anilines is 1. The van der Waals surface area contributed by atoms with Crippen molar-refractivity contribution < 1.29 is 13.2 Å². The summed E-state index contributed by atoms with van der Waals surface area (Å²) in [5.41, 5.74) is 3.81. The molecule has 1 aliphatic rings. The van der Waals surface area contributed by atoms with Crippen LogP contribution in [-0.4, -0.2) is 46.4 Å². The first-order chi connectivity index (χ1) is 15.8. The van der Waals surface area contributed by atoms with Gasteiger partial charge in [-0.25, -0.2) is 8.42 Å². The number of hydrogen-bond donors (Lipinski definition) is 1. The average Bonchev–Trinajstić information content (AvgIpc) is 2.81. The van der Waals surface area contributed by atoms with Gasteiger partial charge in [0.1, 0.15) is 5.75 Å². The number of nitrogens with one attached hydrogen (secondary N) is 1. The lowest BCUT2D eigenvalue weighted by Crippen LogP contribution is -2.31. The van der Waals surface area contributed by atoms with E-state index in [1.165, 1.54) is 16.1 Å². The van der Waals surface area contributed by atoms with E-state index in [0.29, 0.717) is 24.1 Å². The van der Waals surface area contributed by atoms with Crippen LogP contribution in [0.4, 0.5) is 5.69 Å². The molecular formula is C26H33N3O3S. The number of aromatic nitrogens is 1. The van der Waals surface area contributed by atoms with Crippen molar-refractivity contribution in [2.24, 2.45) is 5.92 Å². The summed E-state index contributed by atoms with van der Waals surface area (Å²) < 4.78 is 31.7. The molecule has 2 heterocycles. The maximum atomic E-state index is 12.1. The quantitative estimate of drug-likeness (QED) is 0.528. The van der Waals surface area contributed by atoms with Gasteiger partial charge in [0.2, 0.25) is 10.0 Å². The summed E-state index contributed by atoms with van der Waals surface area (Å²) in [6, 6.07) is 18.0. The fourth-order valence-electron chi connectivity index (χ4n) is 4.71. The second kappa shape index (κ2) is 10.1. The molecule has 1 saturated heterocycles. The first-order valence-electron chi connectivity index (χ1n) is 11.6. The Balaban J connectivity index is 1.55. The Labute approximate surface area is 197 Å². The summed E-state index contributed by atoms with van der Waals surface area (Å²) in [6.07, 6.45) is 4.31. The molecule has 33 heavy (non-hydrogen) atoms. The first-order valence-corrected chi connectivity index (χ1v) is 13.4. The average molecular weight is 468 g/mol. The van der Waals surface area contributed by atoms with E-state index < -0.39 is 10.0 Å². The zero-order valence-corrected chi connectivity index (χ0v) is 20.4. The van der Waals surface area contributed by atoms with Crippen LogP contribution in [-0.2, 0) is 10.0 Å². The Morgan fingerprint density at radius 3 is 2.64 bits per heavy atom. The molecule has 1 atom stereocenters. The topological polar surface area (TPSA) is 71.5 Å². The van der Waals surface area contributed by atoms with Crippen LogP contribution in [0.25, 0.3) is 10.9 Å². The number of rotatable bonds is 8. The molecule has 0 spiro atoms. The van der Waals surface area contributed by atoms with Crippen molar-refractivity contribution in [2.45, 2.75) is 32.1 Å². The van der Waals surface area contributed by atoms with Gasteiger partial charge < -0.3 is 10.1 Å². The third kappa shape index (κ3) is 5.65. The molecule has 4 rings (SSSR count). The minimum absolute atomic E-state index is 0.301. The van der Waals surface area contributed by atoms with Crippen LogP contribution in [0, 0.1) is 12.8 Å². The summed E-state index contributed by atoms with van der Waals surface area (Å²) in [5.74, 6) is 1.69. The van der Waals surface area contributed by atoms with Crippen LogP contribution in [0.5, 0.6) is 5.75 Å². The standard InChI is InChI=1S/C26H33N3O3S/c1-19-10-11-24-25(28-19)8-5-9-26(24)32-17-14-23(20-12-15-27-16-13-20)21-6-4-7-22(18-21)29(2)33(3,30)31/h4-11,18,20,23,27H,12-17H2,1-3H3. The van der Waals surface area contributed by atoms with Gasteiger partial charge in [-0.1, -0.05) is 18.2 Å². The molecule has 1 unspecified atom stereocenters. The summed E-state index contributed by atoms with van der Waals surface area (Å²) in [4.78, 5) is 4.61. The summed E-state index contributed by atoms with van der Waals surface area (Å²) in [5, 5.41) is 4.48. The number of nitrogens with zero attached hydrogens (tertiary/aromatic N) is 2. The fraction of sp³-hybridized carbons (Fsp3) is 0.423. The highest BCUT2D eigenvalue weighted by Gasteiger charge is 2.26. The molecule has 7 heteroatoms. The van der Waals surface area contributed by atoms with E-state index in [9.17, 15) is 8.42 Å². The molecule has 0 saturated carbocycles. The largest absolute Gasteiger partial charge is 0.493 e. The third-order valence-corrected chi connectivity index (χ3v) is 7.84. The number of fused-ring (bicyclic) bond motifs is 1. The number of piperidine rings is 1. The van der Waals surface area contributed by atoms with E-state index in [1.54, 1.807) is 7.05 Å². The van der Waals surface area contributed by atoms with E-state index in [4.69, 9.17) is 4.74 Å². The van der Waals surface area contributed by atoms with Crippen LogP contribution in [0.3, 0.4) is 0 Å². The maximum Gasteiger partial charge on any atom is 0.231 e. The van der Waals surface area contributed by atoms with E-state index >= 15 is 0 Å². The first kappa shape index (κ1) is 23.5. The van der Waals surface area contributed by atoms with Crippen molar-refractivity contribution in [3.8, 4) is 5.75 Å². The molecule has 176 valence electrons. The van der Waals surface area contributed by atoms with Crippen LogP contribution in [0.1, 0.15) is 36.4 Å². The highest BCUT2D eigenvalue weighted by Crippen LogP contribution is 2.36. The molecule has 1 aromatic heterocycles. The van der Waals surface area contributed by atoms with Gasteiger partial charge in [-0.3, -0.25) is 9.29 Å². The van der Waals surface area contributed by atoms with E-state index in [-0.39, 0.29) is 0 Å². The van der Waals surface area contributed by atoms with Crippen molar-refractivity contribution >= 4 is 26.6 Å². The lowest BCUT2D eigenvalue weighted by atomic mass is 9.78. The van der Waals surface area contributed by atoms with Gasteiger partial charge in [-0.2, -0.15) is 0 Å². The minimum atomic E-state index is -3.31. The van der Waals surface area contributed by atoms with Crippen molar-refractivity contribution in [1.29, 1.82) is 0 Å². The Morgan fingerprint density at radius 2 is 1.88 bits per heavy atom. The van der Waals surface area contributed by atoms with Crippen molar-refractivity contribution in [1.82, 2.24) is 10.3 Å². The van der Waals surface area contributed by atoms with Crippen molar-refractivity contribution in [3.63, 3.8) is 0 Å². The number of benzene rings is 2. The predicted octanol–water partition coefficient (Wildman–Crippen LogP) is 4.49. The van der Waals surface area contributed by atoms with E-state index in [2.05, 4.69) is 22.4 Å². The monoisotopic (exact) mass is 467 g/mol. The molecule has 1 N–H and O–H groups in total. The van der Waals surface area contributed by atoms with Crippen LogP contribution < -0.4 is 14.4 Å². The number of aryl methyl sites for hydroxylation is 1. The molecule has 2 aromatic carbocycles. The molecule has 6 nitrogen and oxygen atoms in total. The van der Waals surface area contributed by atoms with Crippen molar-refractivity contribution in [2.75, 3.05) is 37.3 Å². The molecule has 0 amide bonds. The van der Waals surface area contributed by atoms with Gasteiger partial charge in [0.25, 0.3) is 0 Å². The second-order valence-electron chi connectivity index (χ2n) is 8.93. The molecule has 0 bridgehead atoms. The molecule has 3 aromatic rings. The second-order valence-corrected chi connectivity index (χ2v) is 10.9. The number of hydrogen-bond acceptors (Lipinski definition) is 5. The normalized spacial score (nSPS) is 16.0. The van der Waals surface area contributed by atoms with E-state index in [0.717, 1.165) is 54.7 Å².